The van der Waals surface area contributed by atoms with Crippen LogP contribution in [0.4, 0.5) is 5.69 Å². The number of rotatable bonds is 6. The van der Waals surface area contributed by atoms with Gasteiger partial charge in [0.25, 0.3) is 0 Å². The SMILES string of the molecule is Cl.Cl.NCCC(=O)Nc1cccc(CN2CCC(CO)CC2)c1. The van der Waals surface area contributed by atoms with Crippen molar-refractivity contribution in [2.75, 3.05) is 31.6 Å². The van der Waals surface area contributed by atoms with Gasteiger partial charge in [-0.25, -0.2) is 0 Å². The Bertz CT molecular complexity index is 466. The fourth-order valence-corrected chi connectivity index (χ4v) is 2.69. The van der Waals surface area contributed by atoms with Gasteiger partial charge in [0.15, 0.2) is 0 Å². The van der Waals surface area contributed by atoms with E-state index < -0.39 is 0 Å². The number of halogens is 2. The molecule has 1 aromatic rings. The minimum Gasteiger partial charge on any atom is -0.396 e. The number of carbonyl (C=O) groups excluding carboxylic acids is 1. The normalized spacial score (nSPS) is 15.4. The number of aliphatic hydroxyl groups excluding tert-OH is 1. The number of nitrogens with one attached hydrogen (secondary N) is 1. The van der Waals surface area contributed by atoms with Crippen molar-refractivity contribution in [3.05, 3.63) is 29.8 Å². The van der Waals surface area contributed by atoms with E-state index in [0.29, 0.717) is 25.5 Å². The number of amides is 1. The Balaban J connectivity index is 0.00000242. The summed E-state index contributed by atoms with van der Waals surface area (Å²) in [6.45, 7) is 3.60. The Kier molecular flexibility index (Phi) is 11.2. The predicted molar refractivity (Wildman–Crippen MR) is 98.3 cm³/mol. The fourth-order valence-electron chi connectivity index (χ4n) is 2.69. The number of piperidine rings is 1. The van der Waals surface area contributed by atoms with Crippen molar-refractivity contribution in [2.24, 2.45) is 11.7 Å². The van der Waals surface area contributed by atoms with Gasteiger partial charge < -0.3 is 16.2 Å². The minimum atomic E-state index is -0.0431. The largest absolute Gasteiger partial charge is 0.396 e. The first-order valence-electron chi connectivity index (χ1n) is 7.63. The van der Waals surface area contributed by atoms with E-state index in [1.165, 1.54) is 5.56 Å². The number of carbonyl (C=O) groups is 1. The number of likely N-dealkylation sites (tertiary alicyclic amines) is 1. The Morgan fingerprint density at radius 1 is 1.30 bits per heavy atom. The van der Waals surface area contributed by atoms with Gasteiger partial charge in [-0.3, -0.25) is 9.69 Å². The molecule has 1 fully saturated rings. The highest BCUT2D eigenvalue weighted by Crippen LogP contribution is 2.19. The third-order valence-electron chi connectivity index (χ3n) is 3.95. The Hall–Kier alpha value is -0.850. The highest BCUT2D eigenvalue weighted by molar-refractivity contribution is 5.90. The second-order valence-electron chi connectivity index (χ2n) is 5.69. The number of hydrogen-bond donors (Lipinski definition) is 3. The first-order chi connectivity index (χ1) is 10.2. The maximum absolute atomic E-state index is 11.6. The highest BCUT2D eigenvalue weighted by Gasteiger charge is 2.18. The monoisotopic (exact) mass is 363 g/mol. The second kappa shape index (κ2) is 11.6. The summed E-state index contributed by atoms with van der Waals surface area (Å²) in [6.07, 6.45) is 2.46. The Morgan fingerprint density at radius 2 is 2.00 bits per heavy atom. The van der Waals surface area contributed by atoms with Crippen molar-refractivity contribution < 1.29 is 9.90 Å². The van der Waals surface area contributed by atoms with Crippen LogP contribution < -0.4 is 11.1 Å². The molecule has 132 valence electrons. The zero-order chi connectivity index (χ0) is 15.1. The third-order valence-corrected chi connectivity index (χ3v) is 3.95. The lowest BCUT2D eigenvalue weighted by atomic mass is 9.97. The average molecular weight is 364 g/mol. The molecule has 4 N–H and O–H groups in total. The van der Waals surface area contributed by atoms with E-state index in [9.17, 15) is 4.79 Å². The molecule has 1 aliphatic heterocycles. The molecule has 7 heteroatoms. The molecule has 1 heterocycles. The number of hydrogen-bond acceptors (Lipinski definition) is 4. The van der Waals surface area contributed by atoms with Crippen LogP contribution in [0.15, 0.2) is 24.3 Å². The maximum atomic E-state index is 11.6. The van der Waals surface area contributed by atoms with Gasteiger partial charge in [0.1, 0.15) is 0 Å². The van der Waals surface area contributed by atoms with Crippen LogP contribution in [0.5, 0.6) is 0 Å². The summed E-state index contributed by atoms with van der Waals surface area (Å²) >= 11 is 0. The van der Waals surface area contributed by atoms with Crippen LogP contribution in [0, 0.1) is 5.92 Å². The van der Waals surface area contributed by atoms with Crippen molar-refractivity contribution in [1.29, 1.82) is 0 Å². The molecule has 1 aromatic carbocycles. The molecule has 1 aliphatic rings. The lowest BCUT2D eigenvalue weighted by molar-refractivity contribution is -0.116. The Labute approximate surface area is 150 Å². The van der Waals surface area contributed by atoms with Crippen molar-refractivity contribution >= 4 is 36.4 Å². The molecule has 0 aliphatic carbocycles. The zero-order valence-electron chi connectivity index (χ0n) is 13.2. The first kappa shape index (κ1) is 22.1. The van der Waals surface area contributed by atoms with Gasteiger partial charge in [0, 0.05) is 31.8 Å². The van der Waals surface area contributed by atoms with Crippen LogP contribution in [0.25, 0.3) is 0 Å². The number of benzene rings is 1. The summed E-state index contributed by atoms with van der Waals surface area (Å²) < 4.78 is 0. The summed E-state index contributed by atoms with van der Waals surface area (Å²) in [5.74, 6) is 0.418. The second-order valence-corrected chi connectivity index (χ2v) is 5.69. The molecule has 0 radical (unpaired) electrons. The summed E-state index contributed by atoms with van der Waals surface area (Å²) in [4.78, 5) is 14.0. The zero-order valence-corrected chi connectivity index (χ0v) is 14.9. The number of nitrogens with zero attached hydrogens (tertiary/aromatic N) is 1. The molecule has 0 aromatic heterocycles. The summed E-state index contributed by atoms with van der Waals surface area (Å²) in [6, 6.07) is 7.97. The molecule has 23 heavy (non-hydrogen) atoms. The van der Waals surface area contributed by atoms with Crippen LogP contribution in [0.1, 0.15) is 24.8 Å². The topological polar surface area (TPSA) is 78.6 Å². The molecule has 1 amide bonds. The predicted octanol–water partition coefficient (Wildman–Crippen LogP) is 2.02. The third kappa shape index (κ3) is 7.50. The van der Waals surface area contributed by atoms with E-state index in [1.54, 1.807) is 0 Å². The van der Waals surface area contributed by atoms with Crippen molar-refractivity contribution in [3.63, 3.8) is 0 Å². The average Bonchev–Trinajstić information content (AvgIpc) is 2.48. The van der Waals surface area contributed by atoms with E-state index in [4.69, 9.17) is 10.8 Å². The fraction of sp³-hybridized carbons (Fsp3) is 0.562. The van der Waals surface area contributed by atoms with Crippen molar-refractivity contribution in [1.82, 2.24) is 4.90 Å². The molecule has 0 spiro atoms. The quantitative estimate of drug-likeness (QED) is 0.722. The van der Waals surface area contributed by atoms with E-state index in [0.717, 1.165) is 38.2 Å². The standard InChI is InChI=1S/C16H25N3O2.2ClH/c17-7-4-16(21)18-15-3-1-2-14(10-15)11-19-8-5-13(12-20)6-9-19;;/h1-3,10,13,20H,4-9,11-12,17H2,(H,18,21);2*1H. The lowest BCUT2D eigenvalue weighted by Crippen LogP contribution is -2.34. The van der Waals surface area contributed by atoms with E-state index in [2.05, 4.69) is 16.3 Å². The maximum Gasteiger partial charge on any atom is 0.225 e. The first-order valence-corrected chi connectivity index (χ1v) is 7.63. The highest BCUT2D eigenvalue weighted by atomic mass is 35.5. The lowest BCUT2D eigenvalue weighted by Gasteiger charge is -2.31. The number of anilines is 1. The van der Waals surface area contributed by atoms with Gasteiger partial charge >= 0.3 is 0 Å². The van der Waals surface area contributed by atoms with Gasteiger partial charge in [-0.1, -0.05) is 12.1 Å². The van der Waals surface area contributed by atoms with Gasteiger partial charge in [-0.15, -0.1) is 24.8 Å². The van der Waals surface area contributed by atoms with Gasteiger partial charge in [-0.05, 0) is 49.5 Å². The molecule has 0 saturated carbocycles. The summed E-state index contributed by atoms with van der Waals surface area (Å²) in [5, 5.41) is 12.0. The van der Waals surface area contributed by atoms with Gasteiger partial charge in [0.05, 0.1) is 0 Å². The minimum absolute atomic E-state index is 0. The van der Waals surface area contributed by atoms with Crippen LogP contribution in [-0.2, 0) is 11.3 Å². The molecule has 2 rings (SSSR count). The van der Waals surface area contributed by atoms with Gasteiger partial charge in [0.2, 0.25) is 5.91 Å². The van der Waals surface area contributed by atoms with Gasteiger partial charge in [-0.2, -0.15) is 0 Å². The summed E-state index contributed by atoms with van der Waals surface area (Å²) in [5.41, 5.74) is 7.40. The molecular weight excluding hydrogens is 337 g/mol. The van der Waals surface area contributed by atoms with Crippen LogP contribution in [-0.4, -0.2) is 42.2 Å². The molecule has 1 saturated heterocycles. The van der Waals surface area contributed by atoms with Crippen molar-refractivity contribution in [2.45, 2.75) is 25.8 Å². The molecular formula is C16H27Cl2N3O2. The number of nitrogens with two attached hydrogens (primary N) is 1. The number of aliphatic hydroxyl groups is 1. The van der Waals surface area contributed by atoms with E-state index in [-0.39, 0.29) is 30.7 Å². The van der Waals surface area contributed by atoms with Crippen LogP contribution >= 0.6 is 24.8 Å². The molecule has 0 unspecified atom stereocenters. The van der Waals surface area contributed by atoms with Crippen LogP contribution in [0.2, 0.25) is 0 Å². The van der Waals surface area contributed by atoms with Crippen molar-refractivity contribution in [3.8, 4) is 0 Å². The molecule has 0 bridgehead atoms. The summed E-state index contributed by atoms with van der Waals surface area (Å²) in [7, 11) is 0. The molecule has 0 atom stereocenters. The molecule has 5 nitrogen and oxygen atoms in total. The Morgan fingerprint density at radius 3 is 2.61 bits per heavy atom. The van der Waals surface area contributed by atoms with Crippen LogP contribution in [0.3, 0.4) is 0 Å². The smallest absolute Gasteiger partial charge is 0.225 e. The van der Waals surface area contributed by atoms with E-state index >= 15 is 0 Å². The van der Waals surface area contributed by atoms with E-state index in [1.807, 2.05) is 18.2 Å².